The Morgan fingerprint density at radius 1 is 1.00 bits per heavy atom. The molecule has 140 valence electrons. The molecule has 27 heavy (non-hydrogen) atoms. The van der Waals surface area contributed by atoms with E-state index >= 15 is 0 Å². The van der Waals surface area contributed by atoms with Crippen LogP contribution in [0.2, 0.25) is 0 Å². The molecule has 0 saturated carbocycles. The van der Waals surface area contributed by atoms with Crippen molar-refractivity contribution in [1.82, 2.24) is 4.98 Å². The summed E-state index contributed by atoms with van der Waals surface area (Å²) in [5, 5.41) is 21.5. The Balaban J connectivity index is 0.000000244. The van der Waals surface area contributed by atoms with Crippen LogP contribution in [0.5, 0.6) is 11.5 Å². The van der Waals surface area contributed by atoms with Crippen molar-refractivity contribution in [2.45, 2.75) is 0 Å². The largest absolute Gasteiger partial charge is 0.496 e. The van der Waals surface area contributed by atoms with Gasteiger partial charge in [0, 0.05) is 12.4 Å². The Kier molecular flexibility index (Phi) is 6.61. The topological polar surface area (TPSA) is 130 Å². The molecule has 0 spiro atoms. The summed E-state index contributed by atoms with van der Waals surface area (Å²) in [5.74, 6) is 0.0720. The van der Waals surface area contributed by atoms with Gasteiger partial charge in [0.2, 0.25) is 0 Å². The number of nitroso groups, excluding NO2 is 1. The fourth-order valence-electron chi connectivity index (χ4n) is 2.42. The number of hydrogen-bond acceptors (Lipinski definition) is 8. The van der Waals surface area contributed by atoms with Crippen LogP contribution in [0.25, 0.3) is 10.8 Å². The van der Waals surface area contributed by atoms with Crippen molar-refractivity contribution >= 4 is 28.1 Å². The number of ether oxygens (including phenoxy) is 2. The second-order valence-corrected chi connectivity index (χ2v) is 5.10. The summed E-state index contributed by atoms with van der Waals surface area (Å²) in [6.45, 7) is 0. The van der Waals surface area contributed by atoms with Gasteiger partial charge in [-0.2, -0.15) is 0 Å². The number of methoxy groups -OCH3 is 2. The van der Waals surface area contributed by atoms with Crippen molar-refractivity contribution in [3.05, 3.63) is 59.3 Å². The maximum atomic E-state index is 10.9. The van der Waals surface area contributed by atoms with Gasteiger partial charge in [0.15, 0.2) is 0 Å². The molecule has 3 rings (SSSR count). The summed E-state index contributed by atoms with van der Waals surface area (Å²) >= 11 is 0. The number of nitrogens with zero attached hydrogens (tertiary/aromatic N) is 2. The van der Waals surface area contributed by atoms with E-state index in [1.54, 1.807) is 18.2 Å². The molecule has 0 amide bonds. The number of aromatic nitrogens is 1. The molecular formula is C18H17N3O6. The Morgan fingerprint density at radius 2 is 1.59 bits per heavy atom. The summed E-state index contributed by atoms with van der Waals surface area (Å²) in [5.41, 5.74) is 2.97. The first kappa shape index (κ1) is 19.6. The molecule has 0 fully saturated rings. The highest BCUT2D eigenvalue weighted by Gasteiger charge is 2.15. The smallest absolute Gasteiger partial charge is 0.335 e. The van der Waals surface area contributed by atoms with Gasteiger partial charge >= 0.3 is 5.97 Å². The molecule has 0 bridgehead atoms. The van der Waals surface area contributed by atoms with E-state index in [0.29, 0.717) is 28.0 Å². The van der Waals surface area contributed by atoms with E-state index in [1.165, 1.54) is 44.8 Å². The lowest BCUT2D eigenvalue weighted by atomic mass is 10.0. The van der Waals surface area contributed by atoms with Crippen LogP contribution in [0.4, 0.5) is 11.4 Å². The number of aromatic carboxylic acids is 1. The molecule has 9 nitrogen and oxygen atoms in total. The lowest BCUT2D eigenvalue weighted by molar-refractivity contribution is 0.0696. The van der Waals surface area contributed by atoms with Gasteiger partial charge in [-0.1, -0.05) is 0 Å². The SMILES string of the molecule is COc1ccc(OC)c2c(NO)ccc(N=O)c12.O=C(O)c1ccncc1. The number of pyridine rings is 1. The van der Waals surface area contributed by atoms with Crippen LogP contribution in [0.1, 0.15) is 10.4 Å². The van der Waals surface area contributed by atoms with Crippen LogP contribution in [0.15, 0.2) is 54.0 Å². The minimum absolute atomic E-state index is 0.222. The first-order chi connectivity index (χ1) is 13.1. The van der Waals surface area contributed by atoms with E-state index in [9.17, 15) is 9.70 Å². The van der Waals surface area contributed by atoms with Gasteiger partial charge in [-0.15, -0.1) is 4.91 Å². The zero-order valence-corrected chi connectivity index (χ0v) is 14.5. The number of carboxylic acid groups (broad SMARTS) is 1. The fraction of sp³-hybridized carbons (Fsp3) is 0.111. The summed E-state index contributed by atoms with van der Waals surface area (Å²) < 4.78 is 10.4. The second kappa shape index (κ2) is 9.11. The summed E-state index contributed by atoms with van der Waals surface area (Å²) in [4.78, 5) is 24.7. The average Bonchev–Trinajstić information content (AvgIpc) is 2.73. The van der Waals surface area contributed by atoms with Crippen LogP contribution in [0, 0.1) is 4.91 Å². The third kappa shape index (κ3) is 4.28. The van der Waals surface area contributed by atoms with Crippen molar-refractivity contribution in [3.63, 3.8) is 0 Å². The van der Waals surface area contributed by atoms with Crippen molar-refractivity contribution < 1.29 is 24.6 Å². The number of carboxylic acids is 1. The molecule has 0 unspecified atom stereocenters. The molecule has 0 aliphatic rings. The molecule has 0 aliphatic heterocycles. The molecule has 3 N–H and O–H groups in total. The minimum Gasteiger partial charge on any atom is -0.496 e. The number of nitrogens with one attached hydrogen (secondary N) is 1. The third-order valence-electron chi connectivity index (χ3n) is 3.65. The molecule has 0 radical (unpaired) electrons. The zero-order valence-electron chi connectivity index (χ0n) is 14.5. The van der Waals surface area contributed by atoms with E-state index in [2.05, 4.69) is 15.6 Å². The molecular weight excluding hydrogens is 354 g/mol. The Bertz CT molecular complexity index is 936. The highest BCUT2D eigenvalue weighted by molar-refractivity contribution is 6.07. The molecule has 1 aromatic heterocycles. The van der Waals surface area contributed by atoms with Crippen LogP contribution in [0.3, 0.4) is 0 Å². The number of anilines is 1. The summed E-state index contributed by atoms with van der Waals surface area (Å²) in [7, 11) is 3.00. The maximum Gasteiger partial charge on any atom is 0.335 e. The van der Waals surface area contributed by atoms with Gasteiger partial charge in [0.25, 0.3) is 0 Å². The van der Waals surface area contributed by atoms with Gasteiger partial charge < -0.3 is 14.6 Å². The highest BCUT2D eigenvalue weighted by atomic mass is 16.5. The van der Waals surface area contributed by atoms with Gasteiger partial charge in [-0.25, -0.2) is 4.79 Å². The Labute approximate surface area is 154 Å². The fourth-order valence-corrected chi connectivity index (χ4v) is 2.42. The first-order valence-electron chi connectivity index (χ1n) is 7.61. The standard InChI is InChI=1S/C12H12N2O4.C6H5NO2/c1-17-9-5-6-10(18-2)12-8(14-16)4-3-7(13-15)11(9)12;8-6(9)5-1-3-7-4-2-5/h3-6,13,15H,1-2H3;1-4H,(H,8,9). The average molecular weight is 371 g/mol. The molecule has 0 atom stereocenters. The second-order valence-electron chi connectivity index (χ2n) is 5.10. The Hall–Kier alpha value is -3.72. The van der Waals surface area contributed by atoms with E-state index < -0.39 is 5.97 Å². The molecule has 0 aliphatic carbocycles. The molecule has 0 saturated heterocycles. The summed E-state index contributed by atoms with van der Waals surface area (Å²) in [6.07, 6.45) is 2.90. The predicted octanol–water partition coefficient (Wildman–Crippen LogP) is 3.84. The van der Waals surface area contributed by atoms with Crippen molar-refractivity contribution in [2.75, 3.05) is 19.7 Å². The quantitative estimate of drug-likeness (QED) is 0.455. The lowest BCUT2D eigenvalue weighted by Gasteiger charge is -2.13. The van der Waals surface area contributed by atoms with Gasteiger partial charge in [-0.05, 0) is 41.6 Å². The van der Waals surface area contributed by atoms with E-state index in [0.717, 1.165) is 0 Å². The lowest BCUT2D eigenvalue weighted by Crippen LogP contribution is -1.95. The van der Waals surface area contributed by atoms with Gasteiger partial charge in [-0.3, -0.25) is 15.7 Å². The number of fused-ring (bicyclic) bond motifs is 1. The normalized spacial score (nSPS) is 9.74. The molecule has 3 aromatic rings. The number of rotatable bonds is 5. The molecule has 9 heteroatoms. The van der Waals surface area contributed by atoms with Crippen LogP contribution >= 0.6 is 0 Å². The predicted molar refractivity (Wildman–Crippen MR) is 99.1 cm³/mol. The van der Waals surface area contributed by atoms with Crippen molar-refractivity contribution in [3.8, 4) is 11.5 Å². The summed E-state index contributed by atoms with van der Waals surface area (Å²) in [6, 6.07) is 9.30. The van der Waals surface area contributed by atoms with Gasteiger partial charge in [0.05, 0.1) is 36.2 Å². The zero-order chi connectivity index (χ0) is 19.8. The van der Waals surface area contributed by atoms with Crippen LogP contribution in [-0.4, -0.2) is 35.5 Å². The van der Waals surface area contributed by atoms with E-state index in [-0.39, 0.29) is 11.3 Å². The Morgan fingerprint density at radius 3 is 2.04 bits per heavy atom. The van der Waals surface area contributed by atoms with Gasteiger partial charge in [0.1, 0.15) is 17.2 Å². The third-order valence-corrected chi connectivity index (χ3v) is 3.65. The van der Waals surface area contributed by atoms with Crippen LogP contribution in [-0.2, 0) is 0 Å². The highest BCUT2D eigenvalue weighted by Crippen LogP contribution is 2.43. The van der Waals surface area contributed by atoms with E-state index in [1.807, 2.05) is 0 Å². The van der Waals surface area contributed by atoms with Crippen molar-refractivity contribution in [1.29, 1.82) is 0 Å². The molecule has 1 heterocycles. The molecule has 2 aromatic carbocycles. The van der Waals surface area contributed by atoms with Crippen LogP contribution < -0.4 is 15.0 Å². The van der Waals surface area contributed by atoms with Crippen molar-refractivity contribution in [2.24, 2.45) is 5.18 Å². The number of hydrogen-bond donors (Lipinski definition) is 3. The first-order valence-corrected chi connectivity index (χ1v) is 7.61. The maximum absolute atomic E-state index is 10.9. The monoisotopic (exact) mass is 371 g/mol. The van der Waals surface area contributed by atoms with E-state index in [4.69, 9.17) is 19.8 Å². The number of benzene rings is 2. The number of carbonyl (C=O) groups is 1. The minimum atomic E-state index is -0.919.